The van der Waals surface area contributed by atoms with Gasteiger partial charge in [-0.1, -0.05) is 23.7 Å². The number of hydrogen-bond donors (Lipinski definition) is 1. The van der Waals surface area contributed by atoms with Crippen LogP contribution in [0.2, 0.25) is 5.02 Å². The molecule has 1 N–H and O–H groups in total. The van der Waals surface area contributed by atoms with Crippen LogP contribution in [-0.4, -0.2) is 29.2 Å². The monoisotopic (exact) mass is 369 g/mol. The van der Waals surface area contributed by atoms with Crippen LogP contribution in [0.3, 0.4) is 0 Å². The maximum absolute atomic E-state index is 12.5. The van der Waals surface area contributed by atoms with E-state index in [4.69, 9.17) is 21.1 Å². The molecule has 0 amide bonds. The molecule has 0 saturated carbocycles. The zero-order valence-corrected chi connectivity index (χ0v) is 15.3. The normalized spacial score (nSPS) is 14.2. The smallest absolute Gasteiger partial charge is 0.240 e. The average molecular weight is 370 g/mol. The molecular formula is C17H20ClNO4S. The second-order valence-corrected chi connectivity index (χ2v) is 7.65. The van der Waals surface area contributed by atoms with Crippen molar-refractivity contribution in [3.05, 3.63) is 59.1 Å². The standard InChI is InChI=1S/C17H20ClNO4S/c1-17(23-3,13-5-4-6-14(18)11-13)12-19-24(20,21)16-9-7-15(22-2)8-10-16/h4-11,19H,12H2,1-3H3. The van der Waals surface area contributed by atoms with E-state index in [1.807, 2.05) is 6.07 Å². The maximum atomic E-state index is 12.5. The largest absolute Gasteiger partial charge is 0.497 e. The molecule has 0 fully saturated rings. The lowest BCUT2D eigenvalue weighted by Gasteiger charge is -2.29. The summed E-state index contributed by atoms with van der Waals surface area (Å²) in [6.45, 7) is 1.87. The van der Waals surface area contributed by atoms with E-state index in [0.29, 0.717) is 10.8 Å². The fraction of sp³-hybridized carbons (Fsp3) is 0.294. The van der Waals surface area contributed by atoms with Crippen LogP contribution in [-0.2, 0) is 20.4 Å². The van der Waals surface area contributed by atoms with Gasteiger partial charge in [0.2, 0.25) is 10.0 Å². The Bertz CT molecular complexity index is 792. The van der Waals surface area contributed by atoms with Gasteiger partial charge in [-0.15, -0.1) is 0 Å². The Morgan fingerprint density at radius 2 is 1.79 bits per heavy atom. The molecule has 0 bridgehead atoms. The third-order valence-corrected chi connectivity index (χ3v) is 5.51. The van der Waals surface area contributed by atoms with E-state index in [1.165, 1.54) is 26.4 Å². The molecule has 2 aromatic carbocycles. The molecule has 2 aromatic rings. The summed E-state index contributed by atoms with van der Waals surface area (Å²) in [5, 5.41) is 0.564. The molecule has 0 heterocycles. The summed E-state index contributed by atoms with van der Waals surface area (Å²) >= 11 is 6.02. The van der Waals surface area contributed by atoms with E-state index in [2.05, 4.69) is 4.72 Å². The van der Waals surface area contributed by atoms with Crippen LogP contribution in [0, 0.1) is 0 Å². The van der Waals surface area contributed by atoms with E-state index in [0.717, 1.165) is 5.56 Å². The molecule has 0 aliphatic heterocycles. The fourth-order valence-corrected chi connectivity index (χ4v) is 3.50. The van der Waals surface area contributed by atoms with Crippen molar-refractivity contribution in [2.75, 3.05) is 20.8 Å². The minimum absolute atomic E-state index is 0.0677. The Kier molecular flexibility index (Phi) is 5.87. The SMILES string of the molecule is COc1ccc(S(=O)(=O)NCC(C)(OC)c2cccc(Cl)c2)cc1. The quantitative estimate of drug-likeness (QED) is 0.814. The minimum atomic E-state index is -3.67. The Morgan fingerprint density at radius 3 is 2.33 bits per heavy atom. The molecule has 1 atom stereocenters. The topological polar surface area (TPSA) is 64.6 Å². The van der Waals surface area contributed by atoms with Crippen LogP contribution in [0.15, 0.2) is 53.4 Å². The van der Waals surface area contributed by atoms with E-state index < -0.39 is 15.6 Å². The van der Waals surface area contributed by atoms with Crippen molar-refractivity contribution in [2.24, 2.45) is 0 Å². The number of methoxy groups -OCH3 is 2. The first-order valence-corrected chi connectivity index (χ1v) is 9.12. The highest BCUT2D eigenvalue weighted by molar-refractivity contribution is 7.89. The first-order valence-electron chi connectivity index (χ1n) is 7.26. The van der Waals surface area contributed by atoms with Gasteiger partial charge in [-0.25, -0.2) is 13.1 Å². The van der Waals surface area contributed by atoms with Gasteiger partial charge >= 0.3 is 0 Å². The third-order valence-electron chi connectivity index (χ3n) is 3.86. The van der Waals surface area contributed by atoms with Crippen molar-refractivity contribution in [3.8, 4) is 5.75 Å². The molecule has 5 nitrogen and oxygen atoms in total. The van der Waals surface area contributed by atoms with Gasteiger partial charge in [0.05, 0.1) is 12.0 Å². The molecule has 24 heavy (non-hydrogen) atoms. The maximum Gasteiger partial charge on any atom is 0.240 e. The summed E-state index contributed by atoms with van der Waals surface area (Å²) in [5.74, 6) is 0.592. The first kappa shape index (κ1) is 18.7. The van der Waals surface area contributed by atoms with Crippen molar-refractivity contribution in [1.29, 1.82) is 0 Å². The highest BCUT2D eigenvalue weighted by Gasteiger charge is 2.29. The molecule has 0 aromatic heterocycles. The van der Waals surface area contributed by atoms with Gasteiger partial charge in [0.1, 0.15) is 11.4 Å². The van der Waals surface area contributed by atoms with Gasteiger partial charge in [0.15, 0.2) is 0 Å². The number of ether oxygens (including phenoxy) is 2. The molecule has 2 rings (SSSR count). The van der Waals surface area contributed by atoms with Gasteiger partial charge in [0.25, 0.3) is 0 Å². The van der Waals surface area contributed by atoms with Crippen LogP contribution in [0.4, 0.5) is 0 Å². The van der Waals surface area contributed by atoms with Crippen LogP contribution in [0.25, 0.3) is 0 Å². The van der Waals surface area contributed by atoms with E-state index in [1.54, 1.807) is 37.3 Å². The van der Waals surface area contributed by atoms with Gasteiger partial charge in [-0.2, -0.15) is 0 Å². The van der Waals surface area contributed by atoms with E-state index >= 15 is 0 Å². The van der Waals surface area contributed by atoms with Crippen LogP contribution in [0.1, 0.15) is 12.5 Å². The Morgan fingerprint density at radius 1 is 1.12 bits per heavy atom. The van der Waals surface area contributed by atoms with Gasteiger partial charge in [-0.05, 0) is 48.9 Å². The molecule has 0 radical (unpaired) electrons. The lowest BCUT2D eigenvalue weighted by atomic mass is 9.96. The van der Waals surface area contributed by atoms with E-state index in [9.17, 15) is 8.42 Å². The molecule has 1 unspecified atom stereocenters. The zero-order valence-electron chi connectivity index (χ0n) is 13.7. The van der Waals surface area contributed by atoms with Crippen LogP contribution in [0.5, 0.6) is 5.75 Å². The Hall–Kier alpha value is -1.60. The second kappa shape index (κ2) is 7.53. The highest BCUT2D eigenvalue weighted by atomic mass is 35.5. The summed E-state index contributed by atoms with van der Waals surface area (Å²) < 4.78 is 38.1. The second-order valence-electron chi connectivity index (χ2n) is 5.45. The van der Waals surface area contributed by atoms with Crippen molar-refractivity contribution in [1.82, 2.24) is 4.72 Å². The summed E-state index contributed by atoms with van der Waals surface area (Å²) in [5.41, 5.74) is -0.0558. The van der Waals surface area contributed by atoms with Gasteiger partial charge < -0.3 is 9.47 Å². The fourth-order valence-electron chi connectivity index (χ4n) is 2.18. The molecular weight excluding hydrogens is 350 g/mol. The van der Waals surface area contributed by atoms with Crippen molar-refractivity contribution in [2.45, 2.75) is 17.4 Å². The van der Waals surface area contributed by atoms with Crippen molar-refractivity contribution < 1.29 is 17.9 Å². The summed E-state index contributed by atoms with van der Waals surface area (Å²) in [7, 11) is -0.610. The lowest BCUT2D eigenvalue weighted by Crippen LogP contribution is -2.40. The summed E-state index contributed by atoms with van der Waals surface area (Å²) in [6, 6.07) is 13.3. The predicted octanol–water partition coefficient (Wildman–Crippen LogP) is 3.19. The van der Waals surface area contributed by atoms with Gasteiger partial charge in [0, 0.05) is 18.7 Å². The Balaban J connectivity index is 2.19. The average Bonchev–Trinajstić information content (AvgIpc) is 2.60. The number of nitrogens with one attached hydrogen (secondary N) is 1. The van der Waals surface area contributed by atoms with Crippen molar-refractivity contribution in [3.63, 3.8) is 0 Å². The number of halogens is 1. The number of sulfonamides is 1. The number of rotatable bonds is 7. The predicted molar refractivity (Wildman–Crippen MR) is 94.0 cm³/mol. The number of benzene rings is 2. The Labute approximate surface area is 147 Å². The third kappa shape index (κ3) is 4.27. The molecule has 7 heteroatoms. The summed E-state index contributed by atoms with van der Waals surface area (Å²) in [4.78, 5) is 0.160. The van der Waals surface area contributed by atoms with Crippen LogP contribution < -0.4 is 9.46 Å². The highest BCUT2D eigenvalue weighted by Crippen LogP contribution is 2.27. The minimum Gasteiger partial charge on any atom is -0.497 e. The molecule has 0 aliphatic carbocycles. The number of hydrogen-bond acceptors (Lipinski definition) is 4. The zero-order chi connectivity index (χ0) is 17.8. The molecule has 0 aliphatic rings. The molecule has 130 valence electrons. The summed E-state index contributed by atoms with van der Waals surface area (Å²) in [6.07, 6.45) is 0. The molecule has 0 saturated heterocycles. The lowest BCUT2D eigenvalue weighted by molar-refractivity contribution is 0.00699. The van der Waals surface area contributed by atoms with Crippen molar-refractivity contribution >= 4 is 21.6 Å². The van der Waals surface area contributed by atoms with E-state index in [-0.39, 0.29) is 11.4 Å². The van der Waals surface area contributed by atoms with Crippen LogP contribution >= 0.6 is 11.6 Å². The first-order chi connectivity index (χ1) is 11.3. The molecule has 0 spiro atoms. The van der Waals surface area contributed by atoms with Gasteiger partial charge in [-0.3, -0.25) is 0 Å².